The second kappa shape index (κ2) is 5.78. The van der Waals surface area contributed by atoms with Crippen LogP contribution in [0.1, 0.15) is 17.2 Å². The molecule has 0 radical (unpaired) electrons. The number of fused-ring (bicyclic) bond motifs is 3. The molecule has 0 fully saturated rings. The van der Waals surface area contributed by atoms with Gasteiger partial charge in [0.1, 0.15) is 17.8 Å². The van der Waals surface area contributed by atoms with Gasteiger partial charge in [0.15, 0.2) is 5.65 Å². The van der Waals surface area contributed by atoms with E-state index in [1.54, 1.807) is 0 Å². The maximum Gasteiger partial charge on any atom is 0.323 e. The molecule has 0 saturated heterocycles. The highest BCUT2D eigenvalue weighted by atomic mass is 16.1. The largest absolute Gasteiger partial charge is 0.383 e. The van der Waals surface area contributed by atoms with E-state index < -0.39 is 0 Å². The minimum atomic E-state index is -0.237. The molecule has 3 heterocycles. The number of benzene rings is 2. The van der Waals surface area contributed by atoms with E-state index in [4.69, 9.17) is 10.8 Å². The average molecular weight is 383 g/mol. The SMILES string of the molecule is Nc1ncnc2c1c(-c1ccc3[nH]c(=O)[nH]c3c1)nn2C1Cc2ccccc2C1. The smallest absolute Gasteiger partial charge is 0.323 e. The van der Waals surface area contributed by atoms with Crippen LogP contribution >= 0.6 is 0 Å². The maximum absolute atomic E-state index is 11.6. The predicted molar refractivity (Wildman–Crippen MR) is 111 cm³/mol. The average Bonchev–Trinajstić information content (AvgIpc) is 3.41. The van der Waals surface area contributed by atoms with Crippen LogP contribution in [0.4, 0.5) is 5.82 Å². The molecule has 1 aliphatic carbocycles. The highest BCUT2D eigenvalue weighted by molar-refractivity contribution is 5.99. The minimum absolute atomic E-state index is 0.175. The first-order valence-electron chi connectivity index (χ1n) is 9.45. The van der Waals surface area contributed by atoms with Crippen molar-refractivity contribution in [1.29, 1.82) is 0 Å². The molecule has 8 nitrogen and oxygen atoms in total. The topological polar surface area (TPSA) is 118 Å². The van der Waals surface area contributed by atoms with Gasteiger partial charge in [-0.25, -0.2) is 19.4 Å². The number of nitrogens with one attached hydrogen (secondary N) is 2. The van der Waals surface area contributed by atoms with Crippen LogP contribution in [0.2, 0.25) is 0 Å². The summed E-state index contributed by atoms with van der Waals surface area (Å²) >= 11 is 0. The summed E-state index contributed by atoms with van der Waals surface area (Å²) in [6, 6.07) is 14.3. The second-order valence-corrected chi connectivity index (χ2v) is 7.42. The monoisotopic (exact) mass is 383 g/mol. The molecule has 4 N–H and O–H groups in total. The number of hydrogen-bond acceptors (Lipinski definition) is 5. The van der Waals surface area contributed by atoms with Crippen LogP contribution in [0.15, 0.2) is 53.6 Å². The number of nitrogens with zero attached hydrogens (tertiary/aromatic N) is 4. The van der Waals surface area contributed by atoms with Crippen LogP contribution in [-0.4, -0.2) is 29.7 Å². The summed E-state index contributed by atoms with van der Waals surface area (Å²) in [6.07, 6.45) is 3.29. The van der Waals surface area contributed by atoms with Crippen molar-refractivity contribution in [3.05, 3.63) is 70.4 Å². The van der Waals surface area contributed by atoms with Gasteiger partial charge in [0, 0.05) is 5.56 Å². The van der Waals surface area contributed by atoms with E-state index in [2.05, 4.69) is 44.2 Å². The van der Waals surface area contributed by atoms with Crippen LogP contribution in [-0.2, 0) is 12.8 Å². The highest BCUT2D eigenvalue weighted by Crippen LogP contribution is 2.36. The number of imidazole rings is 1. The number of nitrogens with two attached hydrogens (primary N) is 1. The molecule has 0 atom stereocenters. The van der Waals surface area contributed by atoms with Gasteiger partial charge in [0.05, 0.1) is 22.5 Å². The third-order valence-electron chi connectivity index (χ3n) is 5.68. The van der Waals surface area contributed by atoms with Crippen molar-refractivity contribution >= 4 is 27.9 Å². The molecule has 5 aromatic rings. The van der Waals surface area contributed by atoms with E-state index in [0.717, 1.165) is 46.2 Å². The summed E-state index contributed by atoms with van der Waals surface area (Å²) in [6.45, 7) is 0. The Labute approximate surface area is 164 Å². The van der Waals surface area contributed by atoms with Crippen LogP contribution < -0.4 is 11.4 Å². The van der Waals surface area contributed by atoms with E-state index in [-0.39, 0.29) is 11.7 Å². The van der Waals surface area contributed by atoms with Crippen LogP contribution in [0.25, 0.3) is 33.3 Å². The number of nitrogen functional groups attached to an aromatic ring is 1. The molecule has 8 heteroatoms. The third kappa shape index (κ3) is 2.39. The van der Waals surface area contributed by atoms with E-state index in [0.29, 0.717) is 5.82 Å². The normalized spacial score (nSPS) is 14.1. The summed E-state index contributed by atoms with van der Waals surface area (Å²) in [7, 11) is 0. The molecule has 2 aromatic carbocycles. The summed E-state index contributed by atoms with van der Waals surface area (Å²) < 4.78 is 1.98. The Morgan fingerprint density at radius 2 is 1.76 bits per heavy atom. The molecule has 29 heavy (non-hydrogen) atoms. The second-order valence-electron chi connectivity index (χ2n) is 7.42. The molecule has 0 unspecified atom stereocenters. The molecule has 0 bridgehead atoms. The summed E-state index contributed by atoms with van der Waals surface area (Å²) in [5.41, 5.74) is 12.5. The quantitative estimate of drug-likeness (QED) is 0.433. The standard InChI is InChI=1S/C21H17N7O/c22-19-17-18(13-5-6-15-16(9-13)26-21(29)25-15)27-28(20(17)24-10-23-19)14-7-11-3-1-2-4-12(11)8-14/h1-6,9-10,14H,7-8H2,(H2,22,23,24)(H2,25,26,29). The fourth-order valence-electron chi connectivity index (χ4n) is 4.34. The fourth-order valence-corrected chi connectivity index (χ4v) is 4.34. The van der Waals surface area contributed by atoms with Crippen molar-refractivity contribution in [3.8, 4) is 11.3 Å². The first-order valence-corrected chi connectivity index (χ1v) is 9.45. The Hall–Kier alpha value is -3.94. The molecule has 0 aliphatic heterocycles. The van der Waals surface area contributed by atoms with Gasteiger partial charge in [-0.1, -0.05) is 30.3 Å². The lowest BCUT2D eigenvalue weighted by molar-refractivity contribution is 0.488. The van der Waals surface area contributed by atoms with Crippen molar-refractivity contribution < 1.29 is 0 Å². The van der Waals surface area contributed by atoms with E-state index >= 15 is 0 Å². The molecule has 0 amide bonds. The lowest BCUT2D eigenvalue weighted by atomic mass is 10.1. The number of anilines is 1. The van der Waals surface area contributed by atoms with E-state index in [1.165, 1.54) is 17.5 Å². The Bertz CT molecular complexity index is 1430. The van der Waals surface area contributed by atoms with E-state index in [1.807, 2.05) is 22.9 Å². The molecule has 1 aliphatic rings. The zero-order valence-corrected chi connectivity index (χ0v) is 15.4. The lowest BCUT2D eigenvalue weighted by Gasteiger charge is -2.10. The first-order chi connectivity index (χ1) is 14.2. The van der Waals surface area contributed by atoms with E-state index in [9.17, 15) is 4.79 Å². The van der Waals surface area contributed by atoms with Gasteiger partial charge >= 0.3 is 5.69 Å². The summed E-state index contributed by atoms with van der Waals surface area (Å²) in [5, 5.41) is 5.67. The molecule has 3 aromatic heterocycles. The van der Waals surface area contributed by atoms with Crippen LogP contribution in [0.5, 0.6) is 0 Å². The van der Waals surface area contributed by atoms with Crippen LogP contribution in [0.3, 0.4) is 0 Å². The summed E-state index contributed by atoms with van der Waals surface area (Å²) in [4.78, 5) is 25.9. The third-order valence-corrected chi connectivity index (χ3v) is 5.68. The number of H-pyrrole nitrogens is 2. The zero-order valence-electron chi connectivity index (χ0n) is 15.4. The van der Waals surface area contributed by atoms with Gasteiger partial charge in [0.2, 0.25) is 0 Å². The van der Waals surface area contributed by atoms with Crippen molar-refractivity contribution in [2.45, 2.75) is 18.9 Å². The fraction of sp³-hybridized carbons (Fsp3) is 0.143. The van der Waals surface area contributed by atoms with Crippen LogP contribution in [0, 0.1) is 0 Å². The minimum Gasteiger partial charge on any atom is -0.383 e. The Morgan fingerprint density at radius 1 is 1.00 bits per heavy atom. The van der Waals surface area contributed by atoms with Crippen molar-refractivity contribution in [1.82, 2.24) is 29.7 Å². The van der Waals surface area contributed by atoms with Crippen molar-refractivity contribution in [2.75, 3.05) is 5.73 Å². The molecule has 6 rings (SSSR count). The molecule has 142 valence electrons. The number of aromatic nitrogens is 6. The predicted octanol–water partition coefficient (Wildman–Crippen LogP) is 2.58. The lowest BCUT2D eigenvalue weighted by Crippen LogP contribution is -2.11. The van der Waals surface area contributed by atoms with Gasteiger partial charge in [-0.15, -0.1) is 0 Å². The molecule has 0 saturated carbocycles. The Morgan fingerprint density at radius 3 is 2.55 bits per heavy atom. The highest BCUT2D eigenvalue weighted by Gasteiger charge is 2.27. The van der Waals surface area contributed by atoms with Gasteiger partial charge in [-0.05, 0) is 36.1 Å². The maximum atomic E-state index is 11.6. The molecular formula is C21H17N7O. The van der Waals surface area contributed by atoms with Gasteiger partial charge < -0.3 is 15.7 Å². The summed E-state index contributed by atoms with van der Waals surface area (Å²) in [5.74, 6) is 0.398. The molecular weight excluding hydrogens is 366 g/mol. The zero-order chi connectivity index (χ0) is 19.5. The number of hydrogen-bond donors (Lipinski definition) is 3. The Balaban J connectivity index is 1.55. The van der Waals surface area contributed by atoms with Gasteiger partial charge in [-0.3, -0.25) is 0 Å². The van der Waals surface area contributed by atoms with Gasteiger partial charge in [-0.2, -0.15) is 5.10 Å². The number of rotatable bonds is 2. The van der Waals surface area contributed by atoms with Crippen molar-refractivity contribution in [2.24, 2.45) is 0 Å². The molecule has 0 spiro atoms. The Kier molecular flexibility index (Phi) is 3.20. The first kappa shape index (κ1) is 16.1. The van der Waals surface area contributed by atoms with Gasteiger partial charge in [0.25, 0.3) is 0 Å². The number of aromatic amines is 2. The van der Waals surface area contributed by atoms with Crippen molar-refractivity contribution in [3.63, 3.8) is 0 Å².